The third kappa shape index (κ3) is 60.9. The van der Waals surface area contributed by atoms with Crippen molar-refractivity contribution in [2.24, 2.45) is 9.98 Å². The molecule has 0 saturated heterocycles. The summed E-state index contributed by atoms with van der Waals surface area (Å²) < 4.78 is 0. The second-order valence-electron chi connectivity index (χ2n) is 6.34. The zero-order valence-corrected chi connectivity index (χ0v) is 17.5. The molecule has 0 saturated carbocycles. The predicted octanol–water partition coefficient (Wildman–Crippen LogP) is -2.82. The van der Waals surface area contributed by atoms with Crippen LogP contribution in [0.2, 0.25) is 0 Å². The number of hydrogen-bond acceptors (Lipinski definition) is 3. The van der Waals surface area contributed by atoms with Crippen molar-refractivity contribution in [3.05, 3.63) is 20.7 Å². The summed E-state index contributed by atoms with van der Waals surface area (Å²) in [5, 5.41) is 6.25. The minimum absolute atomic E-state index is 0. The van der Waals surface area contributed by atoms with Gasteiger partial charge in [0.2, 0.25) is 0 Å². The predicted molar refractivity (Wildman–Crippen MR) is 87.7 cm³/mol. The van der Waals surface area contributed by atoms with Crippen LogP contribution in [0.5, 0.6) is 0 Å². The summed E-state index contributed by atoms with van der Waals surface area (Å²) in [4.78, 5) is 11.8. The van der Waals surface area contributed by atoms with Crippen LogP contribution in [0, 0.1) is 25.9 Å². The molecule has 8 heteroatoms. The van der Waals surface area contributed by atoms with Gasteiger partial charge in [-0.25, -0.2) is 0 Å². The van der Waals surface area contributed by atoms with E-state index in [4.69, 9.17) is 11.8 Å². The molecule has 0 aromatic heterocycles. The van der Waals surface area contributed by atoms with Gasteiger partial charge in [-0.2, -0.15) is 0 Å². The van der Waals surface area contributed by atoms with Crippen LogP contribution in [0.4, 0.5) is 0 Å². The third-order valence-electron chi connectivity index (χ3n) is 1.28. The van der Waals surface area contributed by atoms with Crippen molar-refractivity contribution in [3.8, 4) is 0 Å². The van der Waals surface area contributed by atoms with E-state index >= 15 is 0 Å². The Morgan fingerprint density at radius 2 is 0.957 bits per heavy atom. The summed E-state index contributed by atoms with van der Waals surface area (Å²) in [7, 11) is 11.0. The molecule has 23 heavy (non-hydrogen) atoms. The van der Waals surface area contributed by atoms with E-state index < -0.39 is 0 Å². The average Bonchev–Trinajstić information content (AvgIpc) is 2.26. The first-order chi connectivity index (χ1) is 8.83. The second kappa shape index (κ2) is 20.2. The van der Waals surface area contributed by atoms with Gasteiger partial charge in [0, 0.05) is 0 Å². The Morgan fingerprint density at radius 3 is 1.00 bits per heavy atom. The van der Waals surface area contributed by atoms with Crippen LogP contribution < -0.4 is 37.7 Å². The summed E-state index contributed by atoms with van der Waals surface area (Å²) >= 11 is 0. The Labute approximate surface area is 179 Å². The van der Waals surface area contributed by atoms with Crippen LogP contribution in [0.25, 0.3) is 0 Å². The molecule has 128 valence electrons. The molecule has 0 rings (SSSR count). The van der Waals surface area contributed by atoms with Gasteiger partial charge in [-0.15, -0.1) is 0 Å². The monoisotopic (exact) mass is 357 g/mol. The first-order valence-corrected chi connectivity index (χ1v) is 6.23. The molecule has 0 heterocycles. The molecule has 0 aromatic carbocycles. The maximum absolute atomic E-state index is 6.25. The van der Waals surface area contributed by atoms with Gasteiger partial charge in [0.25, 0.3) is 0 Å². The fourth-order valence-electron chi connectivity index (χ4n) is 0.544. The number of rotatable bonds is 2. The van der Waals surface area contributed by atoms with Crippen LogP contribution in [0.15, 0.2) is 9.98 Å². The van der Waals surface area contributed by atoms with Gasteiger partial charge in [0.05, 0.1) is 23.8 Å². The van der Waals surface area contributed by atoms with Crippen molar-refractivity contribution in [2.75, 3.05) is 14.1 Å². The van der Waals surface area contributed by atoms with Crippen LogP contribution in [0.3, 0.4) is 0 Å². The molecule has 0 aliphatic carbocycles. The molecule has 0 fully saturated rings. The van der Waals surface area contributed by atoms with Gasteiger partial charge in [0.1, 0.15) is 0 Å². The zero-order valence-electron chi connectivity index (χ0n) is 16.6. The SMILES string of the molecule is [C-]#N.[CH2-]N(C)C=NC(C)(C)C.[CH2-]N(C)C=NC(C)(C)C.[Cu+].[Li+].[Li+]. The molecule has 0 N–H and O–H groups in total. The van der Waals surface area contributed by atoms with Crippen LogP contribution in [-0.4, -0.2) is 47.7 Å². The zero-order chi connectivity index (χ0) is 17.0. The van der Waals surface area contributed by atoms with Crippen molar-refractivity contribution in [2.45, 2.75) is 52.6 Å². The van der Waals surface area contributed by atoms with Crippen molar-refractivity contribution in [1.29, 1.82) is 5.26 Å². The molecule has 0 unspecified atom stereocenters. The summed E-state index contributed by atoms with van der Waals surface area (Å²) in [6.07, 6.45) is 3.44. The quantitative estimate of drug-likeness (QED) is 0.232. The van der Waals surface area contributed by atoms with Crippen LogP contribution in [0.1, 0.15) is 41.5 Å². The second-order valence-corrected chi connectivity index (χ2v) is 6.34. The van der Waals surface area contributed by atoms with Crippen molar-refractivity contribution >= 4 is 12.7 Å². The molecular weight excluding hydrogens is 328 g/mol. The summed E-state index contributed by atoms with van der Waals surface area (Å²) in [5.41, 5.74) is 0.0396. The van der Waals surface area contributed by atoms with Gasteiger partial charge in [0.15, 0.2) is 0 Å². The maximum Gasteiger partial charge on any atom is 1.00 e. The molecular formula is C15H30CuLi2N5. The summed E-state index contributed by atoms with van der Waals surface area (Å²) in [6.45, 7) is 17.0. The van der Waals surface area contributed by atoms with E-state index in [0.29, 0.717) is 0 Å². The molecule has 0 aromatic rings. The number of aliphatic imine (C=N–C) groups is 2. The normalized spacial score (nSPS) is 9.91. The number of hydrogen-bond donors (Lipinski definition) is 0. The van der Waals surface area contributed by atoms with E-state index in [9.17, 15) is 0 Å². The maximum atomic E-state index is 6.25. The first-order valence-electron chi connectivity index (χ1n) is 6.23. The first kappa shape index (κ1) is 38.6. The van der Waals surface area contributed by atoms with E-state index in [1.54, 1.807) is 22.5 Å². The standard InChI is InChI=1S/2C7H15N2.CN.Cu.2Li/c2*1-7(2,3)8-6-9(4)5;1-2;;;/h2*6H,4H2,1-3,5H3;;;;/q3*-1;3*+1. The van der Waals surface area contributed by atoms with E-state index in [0.717, 1.165) is 0 Å². The molecule has 0 bridgehead atoms. The Bertz CT molecular complexity index is 275. The van der Waals surface area contributed by atoms with E-state index in [1.807, 2.05) is 55.6 Å². The Balaban J connectivity index is -0.0000000506. The van der Waals surface area contributed by atoms with Gasteiger partial charge in [-0.3, -0.25) is 24.1 Å². The van der Waals surface area contributed by atoms with E-state index in [2.05, 4.69) is 24.1 Å². The smallest absolute Gasteiger partial charge is 0.519 e. The minimum atomic E-state index is 0. The molecule has 0 aliphatic heterocycles. The van der Waals surface area contributed by atoms with Gasteiger partial charge >= 0.3 is 54.8 Å². The Morgan fingerprint density at radius 1 is 0.783 bits per heavy atom. The third-order valence-corrected chi connectivity index (χ3v) is 1.28. The molecule has 0 atom stereocenters. The Hall–Kier alpha value is 0.144. The fraction of sp³-hybridized carbons (Fsp3) is 0.667. The summed E-state index contributed by atoms with van der Waals surface area (Å²) in [5.74, 6) is 0. The topological polar surface area (TPSA) is 55.0 Å². The largest absolute Gasteiger partial charge is 1.00 e. The van der Waals surface area contributed by atoms with E-state index in [-0.39, 0.29) is 65.9 Å². The van der Waals surface area contributed by atoms with Gasteiger partial charge in [-0.1, -0.05) is 0 Å². The molecule has 5 nitrogen and oxygen atoms in total. The molecule has 0 radical (unpaired) electrons. The Kier molecular flexibility index (Phi) is 33.9. The molecule has 0 aliphatic rings. The van der Waals surface area contributed by atoms with Crippen molar-refractivity contribution in [3.63, 3.8) is 0 Å². The minimum Gasteiger partial charge on any atom is -0.519 e. The molecule has 0 spiro atoms. The van der Waals surface area contributed by atoms with Crippen LogP contribution >= 0.6 is 0 Å². The van der Waals surface area contributed by atoms with Gasteiger partial charge in [-0.05, 0) is 55.6 Å². The van der Waals surface area contributed by atoms with E-state index in [1.165, 1.54) is 0 Å². The average molecular weight is 358 g/mol. The van der Waals surface area contributed by atoms with Crippen LogP contribution in [-0.2, 0) is 17.1 Å². The van der Waals surface area contributed by atoms with Crippen molar-refractivity contribution in [1.82, 2.24) is 9.80 Å². The summed E-state index contributed by atoms with van der Waals surface area (Å²) in [6, 6.07) is 0. The molecule has 0 amide bonds. The van der Waals surface area contributed by atoms with Crippen molar-refractivity contribution < 1.29 is 54.8 Å². The van der Waals surface area contributed by atoms with Gasteiger partial charge < -0.3 is 21.6 Å². The number of nitrogens with zero attached hydrogens (tertiary/aromatic N) is 5. The fourth-order valence-corrected chi connectivity index (χ4v) is 0.544.